The van der Waals surface area contributed by atoms with Crippen LogP contribution in [-0.4, -0.2) is 10.2 Å². The zero-order valence-corrected chi connectivity index (χ0v) is 8.82. The predicted molar refractivity (Wildman–Crippen MR) is 60.0 cm³/mol. The number of phenolic OH excluding ortho intramolecular Hbond substituents is 2. The second-order valence-electron chi connectivity index (χ2n) is 2.78. The molecule has 2 aromatic rings. The molecular formula is C10H7IO2. The van der Waals surface area contributed by atoms with Gasteiger partial charge in [0.1, 0.15) is 0 Å². The van der Waals surface area contributed by atoms with Gasteiger partial charge in [-0.3, -0.25) is 0 Å². The first-order valence-electron chi connectivity index (χ1n) is 3.79. The summed E-state index contributed by atoms with van der Waals surface area (Å²) in [5.74, 6) is -0.0817. The maximum Gasteiger partial charge on any atom is 0.171 e. The molecule has 0 radical (unpaired) electrons. The van der Waals surface area contributed by atoms with Crippen LogP contribution in [0.15, 0.2) is 30.3 Å². The number of hydrogen-bond acceptors (Lipinski definition) is 2. The first-order chi connectivity index (χ1) is 6.20. The third-order valence-corrected chi connectivity index (χ3v) is 2.77. The van der Waals surface area contributed by atoms with Crippen LogP contribution in [0, 0.1) is 3.57 Å². The molecule has 13 heavy (non-hydrogen) atoms. The van der Waals surface area contributed by atoms with Crippen LogP contribution in [-0.2, 0) is 0 Å². The lowest BCUT2D eigenvalue weighted by Gasteiger charge is -2.04. The normalized spacial score (nSPS) is 10.5. The van der Waals surface area contributed by atoms with Gasteiger partial charge in [0, 0.05) is 5.39 Å². The third-order valence-electron chi connectivity index (χ3n) is 1.95. The fourth-order valence-electron chi connectivity index (χ4n) is 1.28. The number of aromatic hydroxyl groups is 2. The van der Waals surface area contributed by atoms with Gasteiger partial charge >= 0.3 is 0 Å². The van der Waals surface area contributed by atoms with Crippen LogP contribution in [0.1, 0.15) is 0 Å². The van der Waals surface area contributed by atoms with Crippen molar-refractivity contribution >= 4 is 33.4 Å². The average molecular weight is 286 g/mol. The summed E-state index contributed by atoms with van der Waals surface area (Å²) in [5.41, 5.74) is 0. The summed E-state index contributed by atoms with van der Waals surface area (Å²) in [5, 5.41) is 20.6. The number of phenols is 2. The number of hydrogen-bond donors (Lipinski definition) is 2. The van der Waals surface area contributed by atoms with E-state index in [-0.39, 0.29) is 11.5 Å². The van der Waals surface area contributed by atoms with E-state index in [2.05, 4.69) is 0 Å². The maximum atomic E-state index is 9.58. The molecule has 66 valence electrons. The molecule has 3 heteroatoms. The van der Waals surface area contributed by atoms with Crippen molar-refractivity contribution in [3.8, 4) is 11.5 Å². The van der Waals surface area contributed by atoms with E-state index in [1.54, 1.807) is 6.07 Å². The molecule has 0 atom stereocenters. The van der Waals surface area contributed by atoms with Crippen molar-refractivity contribution < 1.29 is 10.2 Å². The Labute approximate surface area is 89.0 Å². The monoisotopic (exact) mass is 286 g/mol. The zero-order valence-electron chi connectivity index (χ0n) is 6.66. The first kappa shape index (κ1) is 8.62. The third kappa shape index (κ3) is 1.33. The van der Waals surface area contributed by atoms with Crippen molar-refractivity contribution in [2.45, 2.75) is 0 Å². The second-order valence-corrected chi connectivity index (χ2v) is 3.94. The maximum absolute atomic E-state index is 9.58. The van der Waals surface area contributed by atoms with E-state index in [1.807, 2.05) is 46.9 Å². The van der Waals surface area contributed by atoms with Crippen molar-refractivity contribution in [3.63, 3.8) is 0 Å². The molecule has 0 aliphatic carbocycles. The molecule has 2 N–H and O–H groups in total. The van der Waals surface area contributed by atoms with Crippen LogP contribution in [0.25, 0.3) is 10.8 Å². The van der Waals surface area contributed by atoms with Crippen molar-refractivity contribution in [2.24, 2.45) is 0 Å². The highest BCUT2D eigenvalue weighted by Gasteiger charge is 2.08. The molecule has 0 bridgehead atoms. The quantitative estimate of drug-likeness (QED) is 0.577. The zero-order chi connectivity index (χ0) is 9.42. The summed E-state index contributed by atoms with van der Waals surface area (Å²) < 4.78 is 0.661. The van der Waals surface area contributed by atoms with Gasteiger partial charge in [0.15, 0.2) is 11.5 Å². The molecule has 0 saturated carbocycles. The topological polar surface area (TPSA) is 40.5 Å². The van der Waals surface area contributed by atoms with Crippen LogP contribution in [0.5, 0.6) is 11.5 Å². The smallest absolute Gasteiger partial charge is 0.171 e. The number of rotatable bonds is 0. The molecule has 0 unspecified atom stereocenters. The molecule has 0 amide bonds. The van der Waals surface area contributed by atoms with Crippen LogP contribution >= 0.6 is 22.6 Å². The van der Waals surface area contributed by atoms with Crippen molar-refractivity contribution in [1.82, 2.24) is 0 Å². The van der Waals surface area contributed by atoms with Gasteiger partial charge in [0.2, 0.25) is 0 Å². The molecule has 0 aliphatic heterocycles. The molecule has 2 rings (SSSR count). The van der Waals surface area contributed by atoms with Crippen molar-refractivity contribution in [1.29, 1.82) is 0 Å². The molecule has 0 fully saturated rings. The number of halogens is 1. The largest absolute Gasteiger partial charge is 0.504 e. The summed E-state index contributed by atoms with van der Waals surface area (Å²) in [6.45, 7) is 0. The summed E-state index contributed by atoms with van der Waals surface area (Å²) in [6, 6.07) is 9.24. The van der Waals surface area contributed by atoms with E-state index in [1.165, 1.54) is 0 Å². The lowest BCUT2D eigenvalue weighted by Crippen LogP contribution is -1.78. The summed E-state index contributed by atoms with van der Waals surface area (Å²) in [7, 11) is 0. The predicted octanol–water partition coefficient (Wildman–Crippen LogP) is 2.86. The number of benzene rings is 2. The van der Waals surface area contributed by atoms with Gasteiger partial charge in [-0.1, -0.05) is 24.3 Å². The number of fused-ring (bicyclic) bond motifs is 1. The summed E-state index contributed by atoms with van der Waals surface area (Å²) in [6.07, 6.45) is 0. The molecule has 0 aromatic heterocycles. The van der Waals surface area contributed by atoms with E-state index in [9.17, 15) is 10.2 Å². The van der Waals surface area contributed by atoms with Crippen molar-refractivity contribution in [3.05, 3.63) is 33.9 Å². The van der Waals surface area contributed by atoms with Gasteiger partial charge in [-0.05, 0) is 34.0 Å². The minimum Gasteiger partial charge on any atom is -0.504 e. The minimum absolute atomic E-state index is 0.0394. The van der Waals surface area contributed by atoms with Gasteiger partial charge in [-0.15, -0.1) is 0 Å². The highest BCUT2D eigenvalue weighted by atomic mass is 127. The summed E-state index contributed by atoms with van der Waals surface area (Å²) >= 11 is 1.99. The molecule has 0 aliphatic rings. The Morgan fingerprint density at radius 1 is 1.00 bits per heavy atom. The molecule has 0 saturated heterocycles. The van der Waals surface area contributed by atoms with Crippen LogP contribution in [0.3, 0.4) is 0 Å². The Hall–Kier alpha value is -0.970. The van der Waals surface area contributed by atoms with E-state index in [0.29, 0.717) is 8.96 Å². The second kappa shape index (κ2) is 3.06. The Bertz CT molecular complexity index is 466. The molecule has 0 spiro atoms. The van der Waals surface area contributed by atoms with Gasteiger partial charge in [-0.25, -0.2) is 0 Å². The van der Waals surface area contributed by atoms with Crippen LogP contribution in [0.2, 0.25) is 0 Å². The van der Waals surface area contributed by atoms with E-state index >= 15 is 0 Å². The summed E-state index contributed by atoms with van der Waals surface area (Å²) in [4.78, 5) is 0. The highest BCUT2D eigenvalue weighted by molar-refractivity contribution is 14.1. The van der Waals surface area contributed by atoms with E-state index < -0.39 is 0 Å². The van der Waals surface area contributed by atoms with Crippen LogP contribution < -0.4 is 0 Å². The average Bonchev–Trinajstić information content (AvgIpc) is 2.15. The molecular weight excluding hydrogens is 279 g/mol. The molecule has 0 heterocycles. The fourth-order valence-corrected chi connectivity index (χ4v) is 1.88. The van der Waals surface area contributed by atoms with Gasteiger partial charge in [0.25, 0.3) is 0 Å². The minimum atomic E-state index is -0.0423. The van der Waals surface area contributed by atoms with Gasteiger partial charge in [-0.2, -0.15) is 0 Å². The van der Waals surface area contributed by atoms with Crippen LogP contribution in [0.4, 0.5) is 0 Å². The molecule has 2 aromatic carbocycles. The lowest BCUT2D eigenvalue weighted by molar-refractivity contribution is 0.405. The fraction of sp³-hybridized carbons (Fsp3) is 0. The van der Waals surface area contributed by atoms with Gasteiger partial charge in [0.05, 0.1) is 3.57 Å². The SMILES string of the molecule is Oc1c(I)cc2ccccc2c1O. The Morgan fingerprint density at radius 2 is 1.69 bits per heavy atom. The lowest BCUT2D eigenvalue weighted by atomic mass is 10.1. The standard InChI is InChI=1S/C10H7IO2/c11-8-5-6-3-1-2-4-7(6)9(12)10(8)13/h1-5,12-13H. The first-order valence-corrected chi connectivity index (χ1v) is 4.87. The van der Waals surface area contributed by atoms with E-state index in [0.717, 1.165) is 5.39 Å². The Morgan fingerprint density at radius 3 is 2.46 bits per heavy atom. The highest BCUT2D eigenvalue weighted by Crippen LogP contribution is 2.37. The Balaban J connectivity index is 2.94. The van der Waals surface area contributed by atoms with E-state index in [4.69, 9.17) is 0 Å². The molecule has 2 nitrogen and oxygen atoms in total. The Kier molecular flexibility index (Phi) is 2.03. The van der Waals surface area contributed by atoms with Gasteiger partial charge < -0.3 is 10.2 Å². The van der Waals surface area contributed by atoms with Crippen molar-refractivity contribution in [2.75, 3.05) is 0 Å².